The number of halogens is 2. The smallest absolute Gasteiger partial charge is 0.209 e. The van der Waals surface area contributed by atoms with E-state index in [0.29, 0.717) is 11.3 Å². The number of aromatic amines is 1. The summed E-state index contributed by atoms with van der Waals surface area (Å²) in [5.74, 6) is 0.00824. The Labute approximate surface area is 117 Å². The van der Waals surface area contributed by atoms with Crippen molar-refractivity contribution >= 4 is 37.6 Å². The lowest BCUT2D eigenvalue weighted by Crippen LogP contribution is -2.03. The molecule has 2 rings (SSSR count). The van der Waals surface area contributed by atoms with E-state index in [1.54, 1.807) is 0 Å². The number of carbonyl (C=O) groups excluding carboxylic acids is 1. The molecule has 0 unspecified atom stereocenters. The summed E-state index contributed by atoms with van der Waals surface area (Å²) >= 11 is 6.79. The van der Waals surface area contributed by atoms with Gasteiger partial charge in [0.25, 0.3) is 0 Å². The second kappa shape index (κ2) is 4.78. The van der Waals surface area contributed by atoms with Crippen molar-refractivity contribution in [2.45, 2.75) is 13.8 Å². The predicted octanol–water partition coefficient (Wildman–Crippen LogP) is 4.39. The van der Waals surface area contributed by atoms with Crippen LogP contribution in [-0.4, -0.2) is 10.8 Å². The lowest BCUT2D eigenvalue weighted by molar-refractivity contribution is 0.103. The van der Waals surface area contributed by atoms with Gasteiger partial charge in [-0.3, -0.25) is 4.79 Å². The first-order valence-electron chi connectivity index (χ1n) is 5.15. The minimum absolute atomic E-state index is 0.00824. The number of ketones is 1. The monoisotopic (exact) mass is 355 g/mol. The third kappa shape index (κ3) is 2.38. The van der Waals surface area contributed by atoms with Crippen molar-refractivity contribution in [3.8, 4) is 0 Å². The van der Waals surface area contributed by atoms with Crippen LogP contribution in [-0.2, 0) is 0 Å². The number of hydrogen-bond donors (Lipinski definition) is 1. The molecule has 0 atom stereocenters. The Morgan fingerprint density at radius 3 is 2.18 bits per heavy atom. The van der Waals surface area contributed by atoms with Gasteiger partial charge in [-0.1, -0.05) is 29.8 Å². The maximum atomic E-state index is 12.3. The molecule has 2 aromatic rings. The average Bonchev–Trinajstić information content (AvgIpc) is 2.57. The molecule has 0 saturated heterocycles. The molecular weight excluding hydrogens is 346 g/mol. The quantitative estimate of drug-likeness (QED) is 0.795. The Balaban J connectivity index is 2.44. The van der Waals surface area contributed by atoms with Crippen LogP contribution >= 0.6 is 31.9 Å². The summed E-state index contributed by atoms with van der Waals surface area (Å²) < 4.78 is 1.69. The minimum atomic E-state index is 0.00824. The number of benzene rings is 1. The first kappa shape index (κ1) is 12.6. The van der Waals surface area contributed by atoms with E-state index < -0.39 is 0 Å². The number of hydrogen-bond acceptors (Lipinski definition) is 1. The van der Waals surface area contributed by atoms with Gasteiger partial charge in [0.05, 0.1) is 14.8 Å². The van der Waals surface area contributed by atoms with Gasteiger partial charge in [-0.25, -0.2) is 0 Å². The number of aromatic nitrogens is 1. The summed E-state index contributed by atoms with van der Waals surface area (Å²) in [6, 6.07) is 7.57. The second-order valence-corrected chi connectivity index (χ2v) is 5.53. The largest absolute Gasteiger partial charge is 0.345 e. The lowest BCUT2D eigenvalue weighted by atomic mass is 10.0. The summed E-state index contributed by atoms with van der Waals surface area (Å²) in [4.78, 5) is 15.3. The van der Waals surface area contributed by atoms with Crippen LogP contribution in [0.1, 0.15) is 27.2 Å². The highest BCUT2D eigenvalue weighted by molar-refractivity contribution is 9.13. The number of H-pyrrole nitrogens is 1. The molecule has 4 heteroatoms. The van der Waals surface area contributed by atoms with Crippen LogP contribution in [0.5, 0.6) is 0 Å². The highest BCUT2D eigenvalue weighted by Crippen LogP contribution is 2.29. The number of nitrogens with one attached hydrogen (secondary N) is 1. The summed E-state index contributed by atoms with van der Waals surface area (Å²) in [5.41, 5.74) is 3.38. The highest BCUT2D eigenvalue weighted by atomic mass is 79.9. The molecule has 1 aromatic heterocycles. The van der Waals surface area contributed by atoms with Crippen molar-refractivity contribution in [1.29, 1.82) is 0 Å². The zero-order chi connectivity index (χ0) is 12.6. The zero-order valence-electron chi connectivity index (χ0n) is 9.47. The van der Waals surface area contributed by atoms with E-state index in [-0.39, 0.29) is 5.78 Å². The zero-order valence-corrected chi connectivity index (χ0v) is 12.6. The van der Waals surface area contributed by atoms with Crippen molar-refractivity contribution in [3.05, 3.63) is 55.7 Å². The first-order chi connectivity index (χ1) is 8.00. The van der Waals surface area contributed by atoms with Gasteiger partial charge >= 0.3 is 0 Å². The molecule has 0 aliphatic carbocycles. The highest BCUT2D eigenvalue weighted by Gasteiger charge is 2.17. The van der Waals surface area contributed by atoms with Crippen molar-refractivity contribution in [2.75, 3.05) is 0 Å². The molecule has 1 aromatic carbocycles. The standard InChI is InChI=1S/C13H11Br2NO/c1-7-3-5-9(6-4-7)12(17)11-8(2)10(14)13(15)16-11/h3-6,16H,1-2H3. The molecule has 0 aliphatic rings. The average molecular weight is 357 g/mol. The summed E-state index contributed by atoms with van der Waals surface area (Å²) in [7, 11) is 0. The van der Waals surface area contributed by atoms with Gasteiger partial charge in [0.2, 0.25) is 5.78 Å². The lowest BCUT2D eigenvalue weighted by Gasteiger charge is -2.01. The maximum absolute atomic E-state index is 12.3. The predicted molar refractivity (Wildman–Crippen MR) is 75.5 cm³/mol. The van der Waals surface area contributed by atoms with Gasteiger partial charge in [0, 0.05) is 5.56 Å². The molecule has 2 nitrogen and oxygen atoms in total. The van der Waals surface area contributed by atoms with Crippen molar-refractivity contribution in [1.82, 2.24) is 4.98 Å². The normalized spacial score (nSPS) is 10.6. The van der Waals surface area contributed by atoms with Crippen LogP contribution in [0.25, 0.3) is 0 Å². The van der Waals surface area contributed by atoms with Crippen LogP contribution in [0.2, 0.25) is 0 Å². The van der Waals surface area contributed by atoms with E-state index in [2.05, 4.69) is 36.8 Å². The van der Waals surface area contributed by atoms with Crippen molar-refractivity contribution in [2.24, 2.45) is 0 Å². The van der Waals surface area contributed by atoms with Gasteiger partial charge < -0.3 is 4.98 Å². The Morgan fingerprint density at radius 1 is 1.12 bits per heavy atom. The van der Waals surface area contributed by atoms with Gasteiger partial charge in [-0.15, -0.1) is 0 Å². The molecule has 0 amide bonds. The Morgan fingerprint density at radius 2 is 1.71 bits per heavy atom. The fraction of sp³-hybridized carbons (Fsp3) is 0.154. The molecular formula is C13H11Br2NO. The van der Waals surface area contributed by atoms with E-state index in [1.807, 2.05) is 38.1 Å². The van der Waals surface area contributed by atoms with Crippen LogP contribution in [0.15, 0.2) is 33.3 Å². The van der Waals surface area contributed by atoms with Gasteiger partial charge in [0.1, 0.15) is 0 Å². The molecule has 1 heterocycles. The fourth-order valence-corrected chi connectivity index (χ4v) is 2.40. The SMILES string of the molecule is Cc1ccc(C(=O)c2[nH]c(Br)c(Br)c2C)cc1. The molecule has 0 bridgehead atoms. The van der Waals surface area contributed by atoms with Crippen molar-refractivity contribution in [3.63, 3.8) is 0 Å². The first-order valence-corrected chi connectivity index (χ1v) is 6.74. The van der Waals surface area contributed by atoms with Gasteiger partial charge in [-0.2, -0.15) is 0 Å². The molecule has 0 aliphatic heterocycles. The Kier molecular flexibility index (Phi) is 3.54. The summed E-state index contributed by atoms with van der Waals surface area (Å²) in [6.45, 7) is 3.91. The molecule has 1 N–H and O–H groups in total. The Hall–Kier alpha value is -0.870. The summed E-state index contributed by atoms with van der Waals surface area (Å²) in [5, 5.41) is 0. The van der Waals surface area contributed by atoms with Crippen LogP contribution < -0.4 is 0 Å². The van der Waals surface area contributed by atoms with E-state index in [1.165, 1.54) is 0 Å². The molecule has 88 valence electrons. The number of aryl methyl sites for hydroxylation is 1. The van der Waals surface area contributed by atoms with Gasteiger partial charge in [-0.05, 0) is 51.3 Å². The molecule has 17 heavy (non-hydrogen) atoms. The van der Waals surface area contributed by atoms with Crippen LogP contribution in [0.4, 0.5) is 0 Å². The van der Waals surface area contributed by atoms with Gasteiger partial charge in [0.15, 0.2) is 0 Å². The van der Waals surface area contributed by atoms with E-state index in [0.717, 1.165) is 20.2 Å². The third-order valence-corrected chi connectivity index (χ3v) is 4.79. The topological polar surface area (TPSA) is 32.9 Å². The molecule has 0 saturated carbocycles. The molecule has 0 radical (unpaired) electrons. The van der Waals surface area contributed by atoms with E-state index >= 15 is 0 Å². The van der Waals surface area contributed by atoms with Crippen LogP contribution in [0.3, 0.4) is 0 Å². The van der Waals surface area contributed by atoms with E-state index in [9.17, 15) is 4.79 Å². The Bertz CT molecular complexity index is 570. The fourth-order valence-electron chi connectivity index (χ4n) is 1.61. The van der Waals surface area contributed by atoms with Crippen LogP contribution in [0, 0.1) is 13.8 Å². The number of rotatable bonds is 2. The van der Waals surface area contributed by atoms with Crippen molar-refractivity contribution < 1.29 is 4.79 Å². The summed E-state index contributed by atoms with van der Waals surface area (Å²) in [6.07, 6.45) is 0. The maximum Gasteiger partial charge on any atom is 0.209 e. The second-order valence-electron chi connectivity index (χ2n) is 3.95. The minimum Gasteiger partial charge on any atom is -0.345 e. The molecule has 0 spiro atoms. The van der Waals surface area contributed by atoms with E-state index in [4.69, 9.17) is 0 Å². The molecule has 0 fully saturated rings. The number of carbonyl (C=O) groups is 1. The third-order valence-electron chi connectivity index (χ3n) is 2.67.